The van der Waals surface area contributed by atoms with Crippen molar-refractivity contribution < 1.29 is 4.39 Å². The lowest BCUT2D eigenvalue weighted by atomic mass is 10.1. The summed E-state index contributed by atoms with van der Waals surface area (Å²) in [5.74, 6) is -0.351. The van der Waals surface area contributed by atoms with Crippen LogP contribution in [0.3, 0.4) is 0 Å². The molecule has 0 saturated carbocycles. The maximum Gasteiger partial charge on any atom is 0.153 e. The van der Waals surface area contributed by atoms with Crippen molar-refractivity contribution in [2.75, 3.05) is 7.05 Å². The van der Waals surface area contributed by atoms with Gasteiger partial charge in [0, 0.05) is 47.6 Å². The number of aromatic nitrogens is 4. The van der Waals surface area contributed by atoms with E-state index in [1.54, 1.807) is 25.5 Å². The fraction of sp³-hybridized carbons (Fsp3) is 0.0800. The molecule has 0 aliphatic carbocycles. The fourth-order valence-corrected chi connectivity index (χ4v) is 3.70. The largest absolute Gasteiger partial charge is 0.388 e. The lowest BCUT2D eigenvalue weighted by Gasteiger charge is -2.09. The Balaban J connectivity index is 1.51. The van der Waals surface area contributed by atoms with Gasteiger partial charge in [-0.3, -0.25) is 4.98 Å². The van der Waals surface area contributed by atoms with Crippen LogP contribution in [0.2, 0.25) is 0 Å². The third kappa shape index (κ3) is 3.53. The van der Waals surface area contributed by atoms with Gasteiger partial charge in [-0.05, 0) is 48.0 Å². The third-order valence-corrected chi connectivity index (χ3v) is 5.39. The number of rotatable bonds is 5. The summed E-state index contributed by atoms with van der Waals surface area (Å²) < 4.78 is 16.4. The predicted molar refractivity (Wildman–Crippen MR) is 121 cm³/mol. The highest BCUT2D eigenvalue weighted by molar-refractivity contribution is 5.79. The smallest absolute Gasteiger partial charge is 0.153 e. The average molecular weight is 409 g/mol. The molecule has 3 heterocycles. The summed E-state index contributed by atoms with van der Waals surface area (Å²) in [7, 11) is 1.72. The van der Waals surface area contributed by atoms with E-state index in [2.05, 4.69) is 40.1 Å². The zero-order valence-corrected chi connectivity index (χ0v) is 17.0. The molecule has 5 rings (SSSR count). The van der Waals surface area contributed by atoms with Crippen molar-refractivity contribution in [2.45, 2.75) is 6.42 Å². The normalized spacial score (nSPS) is 11.2. The molecule has 0 amide bonds. The van der Waals surface area contributed by atoms with E-state index < -0.39 is 0 Å². The number of benzene rings is 2. The van der Waals surface area contributed by atoms with E-state index in [-0.39, 0.29) is 5.82 Å². The van der Waals surface area contributed by atoms with E-state index in [1.165, 1.54) is 6.07 Å². The Hall–Kier alpha value is -4.06. The minimum absolute atomic E-state index is 0.351. The summed E-state index contributed by atoms with van der Waals surface area (Å²) in [6, 6.07) is 19.2. The molecule has 0 saturated heterocycles. The molecule has 0 spiro atoms. The molecule has 152 valence electrons. The summed E-state index contributed by atoms with van der Waals surface area (Å²) in [6.45, 7) is 3.82. The summed E-state index contributed by atoms with van der Waals surface area (Å²) in [4.78, 5) is 8.89. The van der Waals surface area contributed by atoms with Gasteiger partial charge in [-0.25, -0.2) is 13.9 Å². The molecule has 0 aliphatic heterocycles. The molecule has 5 aromatic rings. The summed E-state index contributed by atoms with van der Waals surface area (Å²) in [5, 5.41) is 8.71. The van der Waals surface area contributed by atoms with Gasteiger partial charge >= 0.3 is 0 Å². The minimum Gasteiger partial charge on any atom is -0.388 e. The number of hydrogen-bond donors (Lipinski definition) is 1. The average Bonchev–Trinajstić information content (AvgIpc) is 3.20. The summed E-state index contributed by atoms with van der Waals surface area (Å²) in [5.41, 5.74) is 6.13. The van der Waals surface area contributed by atoms with E-state index in [1.807, 2.05) is 34.8 Å². The van der Waals surface area contributed by atoms with Crippen molar-refractivity contribution in [3.8, 4) is 11.3 Å². The molecule has 31 heavy (non-hydrogen) atoms. The fourth-order valence-electron chi connectivity index (χ4n) is 3.70. The van der Waals surface area contributed by atoms with Gasteiger partial charge < -0.3 is 5.32 Å². The first-order chi connectivity index (χ1) is 15.1. The van der Waals surface area contributed by atoms with Crippen LogP contribution in [0.4, 0.5) is 4.39 Å². The minimum atomic E-state index is -0.351. The molecule has 0 fully saturated rings. The molecule has 3 aromatic heterocycles. The van der Waals surface area contributed by atoms with E-state index in [0.717, 1.165) is 27.8 Å². The maximum absolute atomic E-state index is 14.6. The van der Waals surface area contributed by atoms with Crippen molar-refractivity contribution in [2.24, 2.45) is 0 Å². The van der Waals surface area contributed by atoms with Crippen molar-refractivity contribution in [3.05, 3.63) is 102 Å². The first-order valence-electron chi connectivity index (χ1n) is 9.96. The summed E-state index contributed by atoms with van der Waals surface area (Å²) in [6.07, 6.45) is 4.16. The van der Waals surface area contributed by atoms with Crippen LogP contribution in [0.15, 0.2) is 79.6 Å². The van der Waals surface area contributed by atoms with E-state index in [4.69, 9.17) is 5.10 Å². The second-order valence-electron chi connectivity index (χ2n) is 7.37. The van der Waals surface area contributed by atoms with Gasteiger partial charge in [-0.1, -0.05) is 24.8 Å². The highest BCUT2D eigenvalue weighted by Crippen LogP contribution is 2.24. The predicted octanol–water partition coefficient (Wildman–Crippen LogP) is 4.86. The quantitative estimate of drug-likeness (QED) is 0.450. The van der Waals surface area contributed by atoms with Gasteiger partial charge in [0.2, 0.25) is 0 Å². The number of halogens is 1. The second-order valence-corrected chi connectivity index (χ2v) is 7.37. The van der Waals surface area contributed by atoms with E-state index >= 15 is 0 Å². The van der Waals surface area contributed by atoms with E-state index in [0.29, 0.717) is 28.9 Å². The second kappa shape index (κ2) is 7.65. The molecule has 0 aliphatic rings. The van der Waals surface area contributed by atoms with Crippen LogP contribution in [0.5, 0.6) is 0 Å². The number of hydrogen-bond acceptors (Lipinski definition) is 4. The van der Waals surface area contributed by atoms with Gasteiger partial charge in [-0.15, -0.1) is 0 Å². The lowest BCUT2D eigenvalue weighted by Crippen LogP contribution is -2.05. The first-order valence-corrected chi connectivity index (χ1v) is 9.96. The van der Waals surface area contributed by atoms with Gasteiger partial charge in [0.25, 0.3) is 0 Å². The van der Waals surface area contributed by atoms with Crippen molar-refractivity contribution in [1.29, 1.82) is 0 Å². The van der Waals surface area contributed by atoms with Gasteiger partial charge in [0.15, 0.2) is 5.65 Å². The van der Waals surface area contributed by atoms with Gasteiger partial charge in [0.1, 0.15) is 11.5 Å². The van der Waals surface area contributed by atoms with Crippen LogP contribution in [-0.2, 0) is 6.42 Å². The van der Waals surface area contributed by atoms with Crippen LogP contribution in [0.1, 0.15) is 16.8 Å². The zero-order valence-electron chi connectivity index (χ0n) is 17.0. The van der Waals surface area contributed by atoms with Gasteiger partial charge in [-0.2, -0.15) is 5.10 Å². The number of pyridine rings is 1. The van der Waals surface area contributed by atoms with Crippen LogP contribution < -0.4 is 5.32 Å². The highest BCUT2D eigenvalue weighted by Gasteiger charge is 2.11. The van der Waals surface area contributed by atoms with Crippen LogP contribution >= 0.6 is 0 Å². The lowest BCUT2D eigenvalue weighted by molar-refractivity contribution is 0.623. The Morgan fingerprint density at radius 2 is 1.97 bits per heavy atom. The van der Waals surface area contributed by atoms with E-state index in [9.17, 15) is 4.39 Å². The Morgan fingerprint density at radius 3 is 2.81 bits per heavy atom. The number of nitrogens with one attached hydrogen (secondary N) is 1. The SMILES string of the molecule is C=C(NC)c1ccc(-c2cnc3ccc(Cc4ccc5ncccc5c4)n3n2)cc1F. The zero-order chi connectivity index (χ0) is 21.4. The first kappa shape index (κ1) is 18.9. The number of fused-ring (bicyclic) bond motifs is 2. The molecule has 0 unspecified atom stereocenters. The number of nitrogens with zero attached hydrogens (tertiary/aromatic N) is 4. The maximum atomic E-state index is 14.6. The van der Waals surface area contributed by atoms with Crippen LogP contribution in [0.25, 0.3) is 33.5 Å². The summed E-state index contributed by atoms with van der Waals surface area (Å²) >= 11 is 0. The molecular weight excluding hydrogens is 389 g/mol. The van der Waals surface area contributed by atoms with Crippen molar-refractivity contribution in [1.82, 2.24) is 24.9 Å². The molecular formula is C25H20FN5. The Bertz CT molecular complexity index is 1440. The highest BCUT2D eigenvalue weighted by atomic mass is 19.1. The van der Waals surface area contributed by atoms with Crippen LogP contribution in [-0.4, -0.2) is 26.6 Å². The Labute approximate surface area is 178 Å². The molecule has 0 radical (unpaired) electrons. The molecule has 0 atom stereocenters. The molecule has 1 N–H and O–H groups in total. The Morgan fingerprint density at radius 1 is 1.06 bits per heavy atom. The monoisotopic (exact) mass is 409 g/mol. The van der Waals surface area contributed by atoms with Crippen molar-refractivity contribution >= 4 is 22.2 Å². The van der Waals surface area contributed by atoms with Gasteiger partial charge in [0.05, 0.1) is 11.7 Å². The molecule has 6 heteroatoms. The topological polar surface area (TPSA) is 55.1 Å². The third-order valence-electron chi connectivity index (χ3n) is 5.39. The standard InChI is InChI=1S/C25H20FN5/c1-16(27-2)21-8-6-19(14-22(21)26)24-15-29-25-10-7-20(31(25)30-24)13-17-5-9-23-18(12-17)4-3-11-28-23/h3-12,14-15,27H,1,13H2,2H3. The molecule has 2 aromatic carbocycles. The molecule has 0 bridgehead atoms. The molecule has 5 nitrogen and oxygen atoms in total. The van der Waals surface area contributed by atoms with Crippen LogP contribution in [0, 0.1) is 5.82 Å². The Kier molecular flexibility index (Phi) is 4.67. The van der Waals surface area contributed by atoms with Crippen molar-refractivity contribution in [3.63, 3.8) is 0 Å².